The Bertz CT molecular complexity index is 481. The highest BCUT2D eigenvalue weighted by molar-refractivity contribution is 5.56. The van der Waals surface area contributed by atoms with Crippen LogP contribution < -0.4 is 5.73 Å². The first-order chi connectivity index (χ1) is 8.32. The number of aromatic nitrogens is 2. The lowest BCUT2D eigenvalue weighted by atomic mass is 9.94. The van der Waals surface area contributed by atoms with Crippen molar-refractivity contribution in [2.24, 2.45) is 0 Å². The summed E-state index contributed by atoms with van der Waals surface area (Å²) >= 11 is 0. The van der Waals surface area contributed by atoms with Crippen LogP contribution in [0.25, 0.3) is 0 Å². The largest absolute Gasteiger partial charge is 0.378 e. The summed E-state index contributed by atoms with van der Waals surface area (Å²) in [5.41, 5.74) is 5.88. The van der Waals surface area contributed by atoms with Crippen molar-refractivity contribution in [3.05, 3.63) is 15.8 Å². The summed E-state index contributed by atoms with van der Waals surface area (Å²) in [6.45, 7) is 6.22. The SMILES string of the molecule is Cc1nn(C2CCOC(C)(C)C2)c(N)c1[N+](=O)[O-]. The molecular formula is C11H18N4O3. The van der Waals surface area contributed by atoms with E-state index in [-0.39, 0.29) is 23.1 Å². The molecule has 18 heavy (non-hydrogen) atoms. The van der Waals surface area contributed by atoms with Crippen LogP contribution in [0, 0.1) is 17.0 Å². The van der Waals surface area contributed by atoms with Crippen molar-refractivity contribution in [1.29, 1.82) is 0 Å². The number of nitrogen functional groups attached to an aromatic ring is 1. The molecule has 1 unspecified atom stereocenters. The van der Waals surface area contributed by atoms with Crippen LogP contribution in [0.3, 0.4) is 0 Å². The van der Waals surface area contributed by atoms with Crippen molar-refractivity contribution in [3.63, 3.8) is 0 Å². The van der Waals surface area contributed by atoms with E-state index in [1.54, 1.807) is 11.6 Å². The van der Waals surface area contributed by atoms with Gasteiger partial charge in [-0.05, 0) is 33.6 Å². The number of nitrogens with two attached hydrogens (primary N) is 1. The molecule has 7 heteroatoms. The van der Waals surface area contributed by atoms with Gasteiger partial charge in [-0.25, -0.2) is 4.68 Å². The number of hydrogen-bond donors (Lipinski definition) is 1. The summed E-state index contributed by atoms with van der Waals surface area (Å²) < 4.78 is 7.21. The summed E-state index contributed by atoms with van der Waals surface area (Å²) in [6, 6.07) is 0.0566. The molecule has 0 aromatic carbocycles. The van der Waals surface area contributed by atoms with Crippen LogP contribution >= 0.6 is 0 Å². The van der Waals surface area contributed by atoms with Crippen LogP contribution in [0.1, 0.15) is 38.4 Å². The molecule has 1 saturated heterocycles. The first-order valence-corrected chi connectivity index (χ1v) is 5.95. The number of rotatable bonds is 2. The summed E-state index contributed by atoms with van der Waals surface area (Å²) in [4.78, 5) is 10.4. The fourth-order valence-corrected chi connectivity index (χ4v) is 2.47. The van der Waals surface area contributed by atoms with Gasteiger partial charge in [-0.1, -0.05) is 0 Å². The van der Waals surface area contributed by atoms with Gasteiger partial charge >= 0.3 is 5.69 Å². The summed E-state index contributed by atoms with van der Waals surface area (Å²) in [5, 5.41) is 15.1. The molecule has 7 nitrogen and oxygen atoms in total. The minimum absolute atomic E-state index is 0.0566. The maximum Gasteiger partial charge on any atom is 0.333 e. The number of ether oxygens (including phenoxy) is 1. The molecule has 2 heterocycles. The third-order valence-corrected chi connectivity index (χ3v) is 3.29. The van der Waals surface area contributed by atoms with Crippen molar-refractivity contribution in [3.8, 4) is 0 Å². The molecule has 0 aliphatic carbocycles. The summed E-state index contributed by atoms with van der Waals surface area (Å²) in [7, 11) is 0. The van der Waals surface area contributed by atoms with Gasteiger partial charge in [0.25, 0.3) is 0 Å². The molecule has 1 fully saturated rings. The number of anilines is 1. The molecular weight excluding hydrogens is 236 g/mol. The third-order valence-electron chi connectivity index (χ3n) is 3.29. The first-order valence-electron chi connectivity index (χ1n) is 5.95. The van der Waals surface area contributed by atoms with E-state index in [4.69, 9.17) is 10.5 Å². The molecule has 1 aliphatic heterocycles. The van der Waals surface area contributed by atoms with Crippen LogP contribution in [0.4, 0.5) is 11.5 Å². The maximum atomic E-state index is 10.9. The van der Waals surface area contributed by atoms with Gasteiger partial charge in [0.1, 0.15) is 5.69 Å². The Balaban J connectivity index is 2.34. The van der Waals surface area contributed by atoms with Crippen LogP contribution in [-0.4, -0.2) is 26.9 Å². The van der Waals surface area contributed by atoms with E-state index in [0.29, 0.717) is 12.3 Å². The first kappa shape index (κ1) is 12.8. The average Bonchev–Trinajstić information content (AvgIpc) is 2.52. The van der Waals surface area contributed by atoms with Crippen molar-refractivity contribution in [1.82, 2.24) is 9.78 Å². The van der Waals surface area contributed by atoms with E-state index in [9.17, 15) is 10.1 Å². The quantitative estimate of drug-likeness (QED) is 0.641. The fraction of sp³-hybridized carbons (Fsp3) is 0.727. The molecule has 1 atom stereocenters. The van der Waals surface area contributed by atoms with Gasteiger partial charge in [-0.3, -0.25) is 10.1 Å². The standard InChI is InChI=1S/C11H18N4O3/c1-7-9(15(16)17)10(12)14(13-7)8-4-5-18-11(2,3)6-8/h8H,4-6,12H2,1-3H3. The molecule has 1 aromatic heterocycles. The zero-order valence-corrected chi connectivity index (χ0v) is 10.8. The Labute approximate surface area is 105 Å². The van der Waals surface area contributed by atoms with E-state index in [2.05, 4.69) is 5.10 Å². The van der Waals surface area contributed by atoms with E-state index in [0.717, 1.165) is 12.8 Å². The van der Waals surface area contributed by atoms with Gasteiger partial charge in [0, 0.05) is 6.61 Å². The van der Waals surface area contributed by atoms with Gasteiger partial charge < -0.3 is 10.5 Å². The molecule has 0 saturated carbocycles. The summed E-state index contributed by atoms with van der Waals surface area (Å²) in [6.07, 6.45) is 1.52. The van der Waals surface area contributed by atoms with Crippen molar-refractivity contribution in [2.45, 2.75) is 45.3 Å². The highest BCUT2D eigenvalue weighted by Crippen LogP contribution is 2.36. The van der Waals surface area contributed by atoms with Crippen LogP contribution in [0.15, 0.2) is 0 Å². The van der Waals surface area contributed by atoms with E-state index in [1.165, 1.54) is 0 Å². The Morgan fingerprint density at radius 2 is 2.28 bits per heavy atom. The number of aryl methyl sites for hydroxylation is 1. The minimum Gasteiger partial charge on any atom is -0.378 e. The molecule has 1 aromatic rings. The maximum absolute atomic E-state index is 10.9. The van der Waals surface area contributed by atoms with Crippen molar-refractivity contribution < 1.29 is 9.66 Å². The topological polar surface area (TPSA) is 96.2 Å². The number of hydrogen-bond acceptors (Lipinski definition) is 5. The molecule has 1 aliphatic rings. The Kier molecular flexibility index (Phi) is 3.02. The molecule has 2 rings (SSSR count). The fourth-order valence-electron chi connectivity index (χ4n) is 2.47. The number of nitrogens with zero attached hydrogens (tertiary/aromatic N) is 3. The van der Waals surface area contributed by atoms with Gasteiger partial charge in [0.15, 0.2) is 0 Å². The van der Waals surface area contributed by atoms with E-state index in [1.807, 2.05) is 13.8 Å². The zero-order valence-electron chi connectivity index (χ0n) is 10.8. The zero-order chi connectivity index (χ0) is 13.5. The Morgan fingerprint density at radius 1 is 1.61 bits per heavy atom. The van der Waals surface area contributed by atoms with Gasteiger partial charge in [0.2, 0.25) is 5.82 Å². The van der Waals surface area contributed by atoms with Gasteiger partial charge in [0.05, 0.1) is 16.6 Å². The molecule has 0 spiro atoms. The Morgan fingerprint density at radius 3 is 2.78 bits per heavy atom. The second-order valence-corrected chi connectivity index (χ2v) is 5.28. The normalized spacial score (nSPS) is 22.9. The van der Waals surface area contributed by atoms with Crippen LogP contribution in [-0.2, 0) is 4.74 Å². The van der Waals surface area contributed by atoms with E-state index >= 15 is 0 Å². The smallest absolute Gasteiger partial charge is 0.333 e. The predicted molar refractivity (Wildman–Crippen MR) is 66.3 cm³/mol. The highest BCUT2D eigenvalue weighted by atomic mass is 16.6. The molecule has 0 radical (unpaired) electrons. The lowest BCUT2D eigenvalue weighted by Gasteiger charge is -2.35. The van der Waals surface area contributed by atoms with Crippen LogP contribution in [0.2, 0.25) is 0 Å². The van der Waals surface area contributed by atoms with Crippen LogP contribution in [0.5, 0.6) is 0 Å². The van der Waals surface area contributed by atoms with Gasteiger partial charge in [-0.2, -0.15) is 5.10 Å². The second-order valence-electron chi connectivity index (χ2n) is 5.28. The highest BCUT2D eigenvalue weighted by Gasteiger charge is 2.34. The lowest BCUT2D eigenvalue weighted by Crippen LogP contribution is -2.35. The third kappa shape index (κ3) is 2.17. The lowest BCUT2D eigenvalue weighted by molar-refractivity contribution is -0.384. The Hall–Kier alpha value is -1.63. The minimum atomic E-state index is -0.474. The van der Waals surface area contributed by atoms with Crippen molar-refractivity contribution in [2.75, 3.05) is 12.3 Å². The molecule has 0 bridgehead atoms. The monoisotopic (exact) mass is 254 g/mol. The van der Waals surface area contributed by atoms with E-state index < -0.39 is 4.92 Å². The molecule has 2 N–H and O–H groups in total. The van der Waals surface area contributed by atoms with Crippen molar-refractivity contribution >= 4 is 11.5 Å². The second kappa shape index (κ2) is 4.24. The molecule has 100 valence electrons. The summed E-state index contributed by atoms with van der Waals surface area (Å²) in [5.74, 6) is 0.139. The predicted octanol–water partition coefficient (Wildman–Crippen LogP) is 1.81. The van der Waals surface area contributed by atoms with Gasteiger partial charge in [-0.15, -0.1) is 0 Å². The number of nitro groups is 1. The molecule has 0 amide bonds. The average molecular weight is 254 g/mol.